The molecule has 4 rings (SSSR count). The number of ketones is 1. The third-order valence-corrected chi connectivity index (χ3v) is 5.50. The molecular formula is C23H26N2O2. The van der Waals surface area contributed by atoms with E-state index in [2.05, 4.69) is 17.1 Å². The van der Waals surface area contributed by atoms with Gasteiger partial charge in [0.1, 0.15) is 5.75 Å². The number of pyridine rings is 1. The number of nitrogens with zero attached hydrogens (tertiary/aromatic N) is 2. The van der Waals surface area contributed by atoms with Gasteiger partial charge in [-0.05, 0) is 55.0 Å². The minimum atomic E-state index is 0.156. The molecule has 0 radical (unpaired) electrons. The molecule has 1 saturated carbocycles. The van der Waals surface area contributed by atoms with Crippen molar-refractivity contribution in [1.82, 2.24) is 9.38 Å². The molecule has 0 amide bonds. The van der Waals surface area contributed by atoms with Gasteiger partial charge in [0.05, 0.1) is 24.6 Å². The number of hydrogen-bond acceptors (Lipinski definition) is 3. The number of hydrogen-bond donors (Lipinski definition) is 0. The molecule has 1 aromatic carbocycles. The molecule has 1 aliphatic rings. The van der Waals surface area contributed by atoms with Gasteiger partial charge in [-0.3, -0.25) is 4.79 Å². The highest BCUT2D eigenvalue weighted by Crippen LogP contribution is 2.25. The van der Waals surface area contributed by atoms with Crippen molar-refractivity contribution in [2.24, 2.45) is 5.92 Å². The number of fused-ring (bicyclic) bond motifs is 1. The van der Waals surface area contributed by atoms with Crippen LogP contribution >= 0.6 is 0 Å². The highest BCUT2D eigenvalue weighted by atomic mass is 16.5. The molecule has 1 fully saturated rings. The van der Waals surface area contributed by atoms with Crippen LogP contribution in [0.25, 0.3) is 5.52 Å². The van der Waals surface area contributed by atoms with Gasteiger partial charge in [-0.15, -0.1) is 0 Å². The van der Waals surface area contributed by atoms with E-state index in [0.29, 0.717) is 12.3 Å². The SMILES string of the molecule is O=C(CCc1ccc(OCC2CCCCC2)cc1)c1ccc2cncn2c1. The standard InChI is InChI=1S/C23H26N2O2/c26-23(20-9-10-21-14-24-17-25(21)15-20)13-8-18-6-11-22(12-7-18)27-16-19-4-2-1-3-5-19/h6-7,9-12,14-15,17,19H,1-5,8,13,16H2. The predicted octanol–water partition coefficient (Wildman–Crippen LogP) is 5.11. The fourth-order valence-corrected chi connectivity index (χ4v) is 3.81. The summed E-state index contributed by atoms with van der Waals surface area (Å²) >= 11 is 0. The van der Waals surface area contributed by atoms with Crippen molar-refractivity contribution in [2.75, 3.05) is 6.61 Å². The summed E-state index contributed by atoms with van der Waals surface area (Å²) in [4.78, 5) is 16.6. The lowest BCUT2D eigenvalue weighted by atomic mass is 9.90. The summed E-state index contributed by atoms with van der Waals surface area (Å²) < 4.78 is 7.83. The smallest absolute Gasteiger partial charge is 0.164 e. The van der Waals surface area contributed by atoms with E-state index in [1.807, 2.05) is 34.9 Å². The van der Waals surface area contributed by atoms with E-state index >= 15 is 0 Å². The van der Waals surface area contributed by atoms with Crippen molar-refractivity contribution < 1.29 is 9.53 Å². The summed E-state index contributed by atoms with van der Waals surface area (Å²) in [5.74, 6) is 1.80. The van der Waals surface area contributed by atoms with Crippen molar-refractivity contribution in [1.29, 1.82) is 0 Å². The van der Waals surface area contributed by atoms with Gasteiger partial charge in [-0.1, -0.05) is 31.4 Å². The Hall–Kier alpha value is -2.62. The second-order valence-electron chi connectivity index (χ2n) is 7.53. The molecule has 0 aliphatic heterocycles. The van der Waals surface area contributed by atoms with Gasteiger partial charge in [0.25, 0.3) is 0 Å². The molecule has 0 bridgehead atoms. The first-order valence-electron chi connectivity index (χ1n) is 9.94. The van der Waals surface area contributed by atoms with Gasteiger partial charge in [0.2, 0.25) is 0 Å². The first kappa shape index (κ1) is 17.8. The van der Waals surface area contributed by atoms with Crippen LogP contribution in [0.1, 0.15) is 54.4 Å². The summed E-state index contributed by atoms with van der Waals surface area (Å²) in [6.45, 7) is 0.828. The zero-order chi connectivity index (χ0) is 18.5. The Balaban J connectivity index is 1.28. The Morgan fingerprint density at radius 3 is 2.70 bits per heavy atom. The number of carbonyl (C=O) groups excluding carboxylic acids is 1. The summed E-state index contributed by atoms with van der Waals surface area (Å²) in [6, 6.07) is 12.0. The third-order valence-electron chi connectivity index (χ3n) is 5.50. The first-order valence-corrected chi connectivity index (χ1v) is 9.94. The zero-order valence-corrected chi connectivity index (χ0v) is 15.6. The number of benzene rings is 1. The Kier molecular flexibility index (Phi) is 5.52. The van der Waals surface area contributed by atoms with Crippen molar-refractivity contribution in [2.45, 2.75) is 44.9 Å². The van der Waals surface area contributed by atoms with Gasteiger partial charge in [0.15, 0.2) is 5.78 Å². The Morgan fingerprint density at radius 2 is 1.89 bits per heavy atom. The lowest BCUT2D eigenvalue weighted by Crippen LogP contribution is -2.15. The second-order valence-corrected chi connectivity index (χ2v) is 7.53. The van der Waals surface area contributed by atoms with Crippen LogP contribution in [0.2, 0.25) is 0 Å². The van der Waals surface area contributed by atoms with E-state index in [0.717, 1.165) is 35.4 Å². The third kappa shape index (κ3) is 4.57. The van der Waals surface area contributed by atoms with Crippen LogP contribution in [0, 0.1) is 5.92 Å². The van der Waals surface area contributed by atoms with Gasteiger partial charge in [0, 0.05) is 18.2 Å². The molecule has 0 spiro atoms. The van der Waals surface area contributed by atoms with Gasteiger partial charge >= 0.3 is 0 Å². The molecule has 1 aliphatic carbocycles. The lowest BCUT2D eigenvalue weighted by Gasteiger charge is -2.21. The fraction of sp³-hybridized carbons (Fsp3) is 0.391. The maximum atomic E-state index is 12.5. The molecule has 0 N–H and O–H groups in total. The maximum Gasteiger partial charge on any atom is 0.164 e. The van der Waals surface area contributed by atoms with Crippen LogP contribution in [0.3, 0.4) is 0 Å². The average molecular weight is 362 g/mol. The Bertz CT molecular complexity index is 892. The van der Waals surface area contributed by atoms with Crippen LogP contribution in [0.15, 0.2) is 55.1 Å². The first-order chi connectivity index (χ1) is 13.3. The zero-order valence-electron chi connectivity index (χ0n) is 15.6. The Labute approximate surface area is 160 Å². The fourth-order valence-electron chi connectivity index (χ4n) is 3.81. The summed E-state index contributed by atoms with van der Waals surface area (Å²) in [7, 11) is 0. The minimum Gasteiger partial charge on any atom is -0.493 e. The van der Waals surface area contributed by atoms with Crippen LogP contribution < -0.4 is 4.74 Å². The Morgan fingerprint density at radius 1 is 1.07 bits per heavy atom. The number of carbonyl (C=O) groups is 1. The van der Waals surface area contributed by atoms with Crippen molar-refractivity contribution in [3.63, 3.8) is 0 Å². The number of aromatic nitrogens is 2. The molecule has 27 heavy (non-hydrogen) atoms. The maximum absolute atomic E-state index is 12.5. The lowest BCUT2D eigenvalue weighted by molar-refractivity contribution is 0.0982. The van der Waals surface area contributed by atoms with E-state index in [-0.39, 0.29) is 5.78 Å². The second kappa shape index (κ2) is 8.38. The topological polar surface area (TPSA) is 43.6 Å². The van der Waals surface area contributed by atoms with Crippen LogP contribution in [-0.4, -0.2) is 21.8 Å². The predicted molar refractivity (Wildman–Crippen MR) is 106 cm³/mol. The molecule has 0 atom stereocenters. The van der Waals surface area contributed by atoms with Crippen molar-refractivity contribution in [3.8, 4) is 5.75 Å². The van der Waals surface area contributed by atoms with E-state index in [1.54, 1.807) is 12.5 Å². The van der Waals surface area contributed by atoms with Crippen LogP contribution in [-0.2, 0) is 6.42 Å². The van der Waals surface area contributed by atoms with Gasteiger partial charge < -0.3 is 9.14 Å². The molecule has 2 aromatic heterocycles. The number of ether oxygens (including phenoxy) is 1. The largest absolute Gasteiger partial charge is 0.493 e. The van der Waals surface area contributed by atoms with Crippen LogP contribution in [0.5, 0.6) is 5.75 Å². The van der Waals surface area contributed by atoms with Crippen LogP contribution in [0.4, 0.5) is 0 Å². The normalized spacial score (nSPS) is 15.1. The number of aryl methyl sites for hydroxylation is 1. The molecular weight excluding hydrogens is 336 g/mol. The van der Waals surface area contributed by atoms with E-state index < -0.39 is 0 Å². The molecule has 0 saturated heterocycles. The quantitative estimate of drug-likeness (QED) is 0.549. The highest BCUT2D eigenvalue weighted by molar-refractivity contribution is 5.96. The number of imidazole rings is 1. The van der Waals surface area contributed by atoms with E-state index in [1.165, 1.54) is 32.1 Å². The molecule has 140 valence electrons. The van der Waals surface area contributed by atoms with E-state index in [9.17, 15) is 4.79 Å². The van der Waals surface area contributed by atoms with Gasteiger partial charge in [-0.2, -0.15) is 0 Å². The average Bonchev–Trinajstić information content (AvgIpc) is 3.20. The summed E-state index contributed by atoms with van der Waals surface area (Å²) in [5, 5.41) is 0. The highest BCUT2D eigenvalue weighted by Gasteiger charge is 2.14. The molecule has 2 heterocycles. The summed E-state index contributed by atoms with van der Waals surface area (Å²) in [5.41, 5.74) is 2.89. The number of Topliss-reactive ketones (excluding diaryl/α,β-unsaturated/α-hetero) is 1. The molecule has 4 heteroatoms. The number of rotatable bonds is 7. The van der Waals surface area contributed by atoms with Gasteiger partial charge in [-0.25, -0.2) is 4.98 Å². The van der Waals surface area contributed by atoms with Crippen molar-refractivity contribution >= 4 is 11.3 Å². The summed E-state index contributed by atoms with van der Waals surface area (Å²) in [6.07, 6.45) is 13.3. The molecule has 4 nitrogen and oxygen atoms in total. The molecule has 0 unspecified atom stereocenters. The molecule has 3 aromatic rings. The minimum absolute atomic E-state index is 0.156. The van der Waals surface area contributed by atoms with Crippen molar-refractivity contribution in [3.05, 3.63) is 66.2 Å². The van der Waals surface area contributed by atoms with E-state index in [4.69, 9.17) is 4.74 Å². The monoisotopic (exact) mass is 362 g/mol.